The van der Waals surface area contributed by atoms with E-state index >= 15 is 0 Å². The zero-order chi connectivity index (χ0) is 62.1. The van der Waals surface area contributed by atoms with Crippen LogP contribution in [0.25, 0.3) is 0 Å². The Bertz CT molecular complexity index is 2040. The van der Waals surface area contributed by atoms with Crippen molar-refractivity contribution >= 4 is 5.97 Å². The lowest BCUT2D eigenvalue weighted by Gasteiger charge is -2.50. The summed E-state index contributed by atoms with van der Waals surface area (Å²) in [6.07, 6.45) is -54.9. The summed E-state index contributed by atoms with van der Waals surface area (Å²) in [6, 6.07) is -1.52. The molecule has 0 bridgehead atoms. The summed E-state index contributed by atoms with van der Waals surface area (Å²) in [5.74, 6) is -7.59. The fourth-order valence-corrected chi connectivity index (χ4v) is 11.3. The molecule has 0 saturated carbocycles. The number of ether oxygens (including phenoxy) is 13. The maximum atomic E-state index is 12.6. The summed E-state index contributed by atoms with van der Waals surface area (Å²) >= 11 is 0. The van der Waals surface area contributed by atoms with Gasteiger partial charge in [-0.05, 0) is 6.92 Å². The van der Waals surface area contributed by atoms with Gasteiger partial charge in [0.05, 0.1) is 82.8 Å². The minimum Gasteiger partial charge on any atom is -0.477 e. The van der Waals surface area contributed by atoms with Crippen molar-refractivity contribution in [2.45, 2.75) is 236 Å². The van der Waals surface area contributed by atoms with Gasteiger partial charge in [0.25, 0.3) is 5.79 Å². The first kappa shape index (κ1) is 69.6. The van der Waals surface area contributed by atoms with E-state index in [1.165, 1.54) is 13.8 Å². The summed E-state index contributed by atoms with van der Waals surface area (Å²) in [6.45, 7) is -0.209. The number of aliphatic hydroxyl groups excluding tert-OH is 19. The third-order valence-electron chi connectivity index (χ3n) is 17.0. The molecule has 36 atom stereocenters. The third-order valence-corrected chi connectivity index (χ3v) is 17.0. The fraction of sp³-hybridized carbons (Fsp3) is 0.980. The second-order valence-electron chi connectivity index (χ2n) is 22.5. The lowest BCUT2D eigenvalue weighted by Crippen LogP contribution is -2.68. The van der Waals surface area contributed by atoms with E-state index < -0.39 is 278 Å². The number of hydrogen-bond acceptors (Lipinski definition) is 34. The average Bonchev–Trinajstić information content (AvgIpc) is 1.98. The molecule has 7 rings (SSSR count). The summed E-state index contributed by atoms with van der Waals surface area (Å²) in [4.78, 5) is 12.6. The van der Waals surface area contributed by atoms with Gasteiger partial charge in [-0.25, -0.2) is 4.79 Å². The van der Waals surface area contributed by atoms with Crippen LogP contribution in [0.5, 0.6) is 0 Å². The quantitative estimate of drug-likeness (QED) is 0.0479. The van der Waals surface area contributed by atoms with Gasteiger partial charge in [0, 0.05) is 24.2 Å². The molecule has 0 aromatic rings. The molecule has 7 heterocycles. The van der Waals surface area contributed by atoms with Gasteiger partial charge < -0.3 is 169 Å². The summed E-state index contributed by atoms with van der Waals surface area (Å²) in [5.41, 5.74) is 5.92. The van der Waals surface area contributed by atoms with Gasteiger partial charge in [-0.3, -0.25) is 0 Å². The Hall–Kier alpha value is -1.85. The first-order valence-corrected chi connectivity index (χ1v) is 27.6. The summed E-state index contributed by atoms with van der Waals surface area (Å²) in [7, 11) is 0. The van der Waals surface area contributed by atoms with Crippen LogP contribution in [0.1, 0.15) is 34.1 Å². The molecule has 0 amide bonds. The van der Waals surface area contributed by atoms with E-state index in [4.69, 9.17) is 67.3 Å². The van der Waals surface area contributed by atoms with Gasteiger partial charge in [0.1, 0.15) is 128 Å². The van der Waals surface area contributed by atoms with Crippen molar-refractivity contribution in [1.29, 1.82) is 0 Å². The van der Waals surface area contributed by atoms with Crippen molar-refractivity contribution < 1.29 is 169 Å². The fourth-order valence-electron chi connectivity index (χ4n) is 11.3. The maximum Gasteiger partial charge on any atom is 0.364 e. The number of hydrogen-bond donors (Lipinski definition) is 21. The van der Waals surface area contributed by atoms with E-state index in [1.54, 1.807) is 13.8 Å². The van der Waals surface area contributed by atoms with Gasteiger partial charge in [-0.2, -0.15) is 0 Å². The predicted molar refractivity (Wildman–Crippen MR) is 264 cm³/mol. The van der Waals surface area contributed by atoms with E-state index in [0.717, 1.165) is 0 Å². The van der Waals surface area contributed by atoms with Crippen LogP contribution in [0, 0.1) is 17.8 Å². The van der Waals surface area contributed by atoms with Gasteiger partial charge in [0.2, 0.25) is 0 Å². The summed E-state index contributed by atoms with van der Waals surface area (Å²) < 4.78 is 76.1. The molecule has 13 unspecified atom stereocenters. The van der Waals surface area contributed by atoms with Crippen LogP contribution in [0.3, 0.4) is 0 Å². The molecule has 35 heteroatoms. The Kier molecular flexibility index (Phi) is 24.4. The van der Waals surface area contributed by atoms with E-state index in [-0.39, 0.29) is 0 Å². The van der Waals surface area contributed by atoms with Gasteiger partial charge >= 0.3 is 5.97 Å². The highest BCUT2D eigenvalue weighted by atomic mass is 16.8. The number of rotatable bonds is 22. The van der Waals surface area contributed by atoms with Crippen molar-refractivity contribution in [1.82, 2.24) is 0 Å². The van der Waals surface area contributed by atoms with Crippen molar-refractivity contribution in [2.75, 3.05) is 46.2 Å². The highest BCUT2D eigenvalue weighted by Gasteiger charge is 2.59. The molecule has 7 aliphatic rings. The molecule has 0 aromatic carbocycles. The molecule has 0 spiro atoms. The highest BCUT2D eigenvalue weighted by Crippen LogP contribution is 2.40. The molecule has 7 saturated heterocycles. The van der Waals surface area contributed by atoms with E-state index in [1.807, 2.05) is 0 Å². The van der Waals surface area contributed by atoms with Crippen molar-refractivity contribution in [3.8, 4) is 0 Å². The molecule has 7 fully saturated rings. The zero-order valence-electron chi connectivity index (χ0n) is 46.1. The largest absolute Gasteiger partial charge is 0.477 e. The standard InChI is InChI=1S/C49H85NO34/c1-13-16(4)73-21(9-54)37(26(13)59)79-43-14(2)27(60)39(23(11-56)76-43)81-46-36(69)41(32(65)20(8-53)74-46)82-47-42(34(67)30(63)19(7-52)75-47)83-44-15(3)28(61)38(22(10-55)77-44)80-45-35(68)33(66)31(64)24(78-45)12-72-49(48(70)71)5-17(57)25(50)40(84-49)29(62)18(58)6-51/h13-47,51-69H,5-12,50H2,1-4H3,(H,70,71)/t13-,14+,15+,16+,17-,18-,19-,20?,21?,22?,23?,24?,25-,26?,27?,28?,29-,30-,31+,32-,33?,34?,35+,36-,37-,38-,39-,40?,41?,42?,43+,44+,45+,46+,47-,49-/m1/s1. The minimum atomic E-state index is -2.88. The van der Waals surface area contributed by atoms with Crippen LogP contribution in [-0.2, 0) is 66.4 Å². The van der Waals surface area contributed by atoms with Crippen molar-refractivity contribution in [3.63, 3.8) is 0 Å². The second-order valence-corrected chi connectivity index (χ2v) is 22.5. The molecule has 35 nitrogen and oxygen atoms in total. The number of carboxylic acid groups (broad SMARTS) is 1. The first-order chi connectivity index (χ1) is 39.6. The minimum absolute atomic E-state index is 0.451. The summed E-state index contributed by atoms with van der Waals surface area (Å²) in [5, 5.41) is 216. The van der Waals surface area contributed by atoms with Crippen molar-refractivity contribution in [2.24, 2.45) is 23.5 Å². The second kappa shape index (κ2) is 29.4. The lowest BCUT2D eigenvalue weighted by atomic mass is 9.88. The molecule has 0 aromatic heterocycles. The van der Waals surface area contributed by atoms with Crippen LogP contribution in [0.4, 0.5) is 0 Å². The number of nitrogens with two attached hydrogens (primary N) is 1. The Morgan fingerprint density at radius 2 is 0.893 bits per heavy atom. The molecular weight excluding hydrogens is 1150 g/mol. The number of aliphatic carboxylic acids is 1. The van der Waals surface area contributed by atoms with Crippen molar-refractivity contribution in [3.05, 3.63) is 0 Å². The Balaban J connectivity index is 1.04. The predicted octanol–water partition coefficient (Wildman–Crippen LogP) is -12.2. The van der Waals surface area contributed by atoms with Gasteiger partial charge in [0.15, 0.2) is 31.5 Å². The average molecular weight is 1230 g/mol. The molecule has 0 aliphatic carbocycles. The Morgan fingerprint density at radius 3 is 1.40 bits per heavy atom. The van der Waals surface area contributed by atoms with E-state index in [9.17, 15) is 107 Å². The molecule has 22 N–H and O–H groups in total. The number of aliphatic hydroxyl groups is 19. The normalized spacial score (nSPS) is 51.3. The number of carboxylic acids is 1. The first-order valence-electron chi connectivity index (χ1n) is 27.6. The Labute approximate surface area is 479 Å². The maximum absolute atomic E-state index is 12.6. The zero-order valence-corrected chi connectivity index (χ0v) is 46.1. The van der Waals surface area contributed by atoms with Crippen LogP contribution in [-0.4, -0.2) is 356 Å². The highest BCUT2D eigenvalue weighted by molar-refractivity contribution is 5.76. The topological polar surface area (TPSA) is 568 Å². The SMILES string of the molecule is C[C@@H]1OC(CO)[C@@H](O[C@@H]2OC(CO)[C@@H](O[C@@H]3OC(CO)[C@@H](O)C(O[C@H]4O[C@H](CO)[C@@H](O)C(O)C4O[C@@H]4OC(CO)[C@@H](O[C@@H]5OC(CO[C@]6(C(=O)O)C[C@@H](O)[C@@H](N)C([C@H](O)[C@H](O)CO)O6)[C@H](O)C(O)[C@@H]5O)C(O)[C@@H]4C)[C@H]3O)C(O)[C@@H]2C)C(O)[C@@H]1C. The number of carbonyl (C=O) groups is 1. The molecule has 490 valence electrons. The smallest absolute Gasteiger partial charge is 0.364 e. The van der Waals surface area contributed by atoms with Gasteiger partial charge in [-0.1, -0.05) is 20.8 Å². The molecule has 0 radical (unpaired) electrons. The monoisotopic (exact) mass is 1230 g/mol. The molecule has 7 aliphatic heterocycles. The van der Waals surface area contributed by atoms with Crippen LogP contribution < -0.4 is 5.73 Å². The molecular formula is C49H85NO34. The van der Waals surface area contributed by atoms with E-state index in [0.29, 0.717) is 0 Å². The van der Waals surface area contributed by atoms with Crippen LogP contribution in [0.15, 0.2) is 0 Å². The van der Waals surface area contributed by atoms with Gasteiger partial charge in [-0.15, -0.1) is 0 Å². The van der Waals surface area contributed by atoms with Crippen LogP contribution >= 0.6 is 0 Å². The third kappa shape index (κ3) is 14.2. The molecule has 84 heavy (non-hydrogen) atoms. The Morgan fingerprint density at radius 1 is 0.476 bits per heavy atom. The van der Waals surface area contributed by atoms with Crippen LogP contribution in [0.2, 0.25) is 0 Å². The lowest BCUT2D eigenvalue weighted by molar-refractivity contribution is -0.399. The van der Waals surface area contributed by atoms with E-state index in [2.05, 4.69) is 0 Å².